The van der Waals surface area contributed by atoms with Crippen LogP contribution in [0.25, 0.3) is 10.2 Å². The number of piperazine rings is 1. The van der Waals surface area contributed by atoms with E-state index in [0.29, 0.717) is 6.10 Å². The molecule has 0 saturated carbocycles. The molecule has 4 rings (SSSR count). The van der Waals surface area contributed by atoms with Gasteiger partial charge in [0.05, 0.1) is 15.9 Å². The van der Waals surface area contributed by atoms with E-state index in [4.69, 9.17) is 4.74 Å². The Bertz CT molecular complexity index is 632. The van der Waals surface area contributed by atoms with Crippen molar-refractivity contribution in [2.45, 2.75) is 18.9 Å². The number of anilines is 1. The van der Waals surface area contributed by atoms with Gasteiger partial charge in [-0.05, 0) is 38.1 Å². The average molecular weight is 318 g/mol. The Morgan fingerprint density at radius 2 is 1.86 bits per heavy atom. The van der Waals surface area contributed by atoms with Gasteiger partial charge < -0.3 is 20.3 Å². The maximum atomic E-state index is 6.24. The van der Waals surface area contributed by atoms with Crippen molar-refractivity contribution in [3.8, 4) is 5.75 Å². The van der Waals surface area contributed by atoms with E-state index in [1.54, 1.807) is 11.3 Å². The van der Waals surface area contributed by atoms with Crippen LogP contribution in [0.1, 0.15) is 12.8 Å². The van der Waals surface area contributed by atoms with Crippen molar-refractivity contribution in [1.82, 2.24) is 15.6 Å². The van der Waals surface area contributed by atoms with Gasteiger partial charge in [0.15, 0.2) is 0 Å². The van der Waals surface area contributed by atoms with Crippen LogP contribution in [-0.2, 0) is 0 Å². The van der Waals surface area contributed by atoms with Crippen LogP contribution in [0.2, 0.25) is 0 Å². The van der Waals surface area contributed by atoms with Crippen molar-refractivity contribution in [2.75, 3.05) is 44.2 Å². The van der Waals surface area contributed by atoms with E-state index in [9.17, 15) is 0 Å². The minimum atomic E-state index is 0.316. The highest BCUT2D eigenvalue weighted by molar-refractivity contribution is 7.17. The SMILES string of the molecule is c1nc2c(OC3CCNCC3)ccc(N3CCNCC3)c2s1. The summed E-state index contributed by atoms with van der Waals surface area (Å²) in [5, 5.41) is 6.79. The molecule has 2 aliphatic rings. The average Bonchev–Trinajstić information content (AvgIpc) is 3.07. The second-order valence-electron chi connectivity index (χ2n) is 5.92. The molecule has 0 spiro atoms. The fourth-order valence-electron chi connectivity index (χ4n) is 3.26. The molecular formula is C16H22N4OS. The van der Waals surface area contributed by atoms with Gasteiger partial charge in [0, 0.05) is 26.2 Å². The van der Waals surface area contributed by atoms with Crippen molar-refractivity contribution < 1.29 is 4.74 Å². The number of nitrogens with zero attached hydrogens (tertiary/aromatic N) is 2. The van der Waals surface area contributed by atoms with Gasteiger partial charge in [0.25, 0.3) is 0 Å². The van der Waals surface area contributed by atoms with Gasteiger partial charge >= 0.3 is 0 Å². The Balaban J connectivity index is 1.62. The summed E-state index contributed by atoms with van der Waals surface area (Å²) in [4.78, 5) is 7.02. The van der Waals surface area contributed by atoms with E-state index in [2.05, 4.69) is 32.7 Å². The van der Waals surface area contributed by atoms with Gasteiger partial charge in [-0.25, -0.2) is 4.98 Å². The van der Waals surface area contributed by atoms with Gasteiger partial charge in [0.2, 0.25) is 0 Å². The summed E-state index contributed by atoms with van der Waals surface area (Å²) < 4.78 is 7.50. The van der Waals surface area contributed by atoms with E-state index < -0.39 is 0 Å². The van der Waals surface area contributed by atoms with Gasteiger partial charge in [-0.3, -0.25) is 0 Å². The lowest BCUT2D eigenvalue weighted by Gasteiger charge is -2.30. The Morgan fingerprint density at radius 3 is 2.68 bits per heavy atom. The highest BCUT2D eigenvalue weighted by Crippen LogP contribution is 2.36. The molecule has 22 heavy (non-hydrogen) atoms. The molecule has 5 nitrogen and oxygen atoms in total. The topological polar surface area (TPSA) is 49.4 Å². The lowest BCUT2D eigenvalue weighted by molar-refractivity contribution is 0.164. The standard InChI is InChI=1S/C16H22N4OS/c1-2-14(21-12-3-5-17-6-4-12)15-16(22-11-19-15)13(1)20-9-7-18-8-10-20/h1-2,11-12,17-18H,3-10H2. The van der Waals surface area contributed by atoms with Crippen molar-refractivity contribution in [3.63, 3.8) is 0 Å². The van der Waals surface area contributed by atoms with Gasteiger partial charge in [-0.15, -0.1) is 11.3 Å². The number of ether oxygens (including phenoxy) is 1. The quantitative estimate of drug-likeness (QED) is 0.904. The van der Waals surface area contributed by atoms with Crippen LogP contribution < -0.4 is 20.3 Å². The zero-order valence-corrected chi connectivity index (χ0v) is 13.5. The third kappa shape index (κ3) is 2.78. The summed E-state index contributed by atoms with van der Waals surface area (Å²) in [6.45, 7) is 6.30. The van der Waals surface area contributed by atoms with Crippen LogP contribution in [0.4, 0.5) is 5.69 Å². The molecule has 0 bridgehead atoms. The predicted molar refractivity (Wildman–Crippen MR) is 91.2 cm³/mol. The lowest BCUT2D eigenvalue weighted by Crippen LogP contribution is -2.43. The number of benzene rings is 1. The molecule has 0 amide bonds. The number of hydrogen-bond donors (Lipinski definition) is 2. The Labute approximate surface area is 134 Å². The van der Waals surface area contributed by atoms with E-state index in [-0.39, 0.29) is 0 Å². The van der Waals surface area contributed by atoms with Gasteiger partial charge in [0.1, 0.15) is 17.4 Å². The maximum Gasteiger partial charge on any atom is 0.146 e. The van der Waals surface area contributed by atoms with Crippen LogP contribution in [0, 0.1) is 0 Å². The van der Waals surface area contributed by atoms with Crippen molar-refractivity contribution in [3.05, 3.63) is 17.6 Å². The molecule has 2 saturated heterocycles. The summed E-state index contributed by atoms with van der Waals surface area (Å²) in [6, 6.07) is 4.32. The molecule has 2 N–H and O–H groups in total. The number of thiazole rings is 1. The van der Waals surface area contributed by atoms with E-state index in [1.807, 2.05) is 5.51 Å². The molecule has 0 radical (unpaired) electrons. The number of aromatic nitrogens is 1. The second kappa shape index (κ2) is 6.40. The second-order valence-corrected chi connectivity index (χ2v) is 6.77. The number of fused-ring (bicyclic) bond motifs is 1. The van der Waals surface area contributed by atoms with Gasteiger partial charge in [-0.2, -0.15) is 0 Å². The zero-order valence-electron chi connectivity index (χ0n) is 12.7. The molecule has 0 atom stereocenters. The van der Waals surface area contributed by atoms with E-state index in [1.165, 1.54) is 10.4 Å². The third-order valence-electron chi connectivity index (χ3n) is 4.46. The fourth-order valence-corrected chi connectivity index (χ4v) is 4.10. The van der Waals surface area contributed by atoms with Crippen LogP contribution in [-0.4, -0.2) is 50.4 Å². The van der Waals surface area contributed by atoms with Crippen LogP contribution in [0.5, 0.6) is 5.75 Å². The summed E-state index contributed by atoms with van der Waals surface area (Å²) in [7, 11) is 0. The first-order valence-electron chi connectivity index (χ1n) is 8.11. The molecule has 6 heteroatoms. The minimum Gasteiger partial charge on any atom is -0.488 e. The normalized spacial score (nSPS) is 20.5. The summed E-state index contributed by atoms with van der Waals surface area (Å²) in [5.74, 6) is 0.946. The molecule has 2 fully saturated rings. The minimum absolute atomic E-state index is 0.316. The van der Waals surface area contributed by atoms with E-state index >= 15 is 0 Å². The number of piperidine rings is 1. The molecule has 118 valence electrons. The van der Waals surface area contributed by atoms with Crippen molar-refractivity contribution in [2.24, 2.45) is 0 Å². The van der Waals surface area contributed by atoms with E-state index in [0.717, 1.165) is 63.4 Å². The maximum absolute atomic E-state index is 6.24. The smallest absolute Gasteiger partial charge is 0.146 e. The lowest BCUT2D eigenvalue weighted by atomic mass is 10.1. The molecule has 1 aromatic heterocycles. The number of hydrogen-bond acceptors (Lipinski definition) is 6. The Kier molecular flexibility index (Phi) is 4.14. The molecule has 0 aliphatic carbocycles. The largest absolute Gasteiger partial charge is 0.488 e. The summed E-state index contributed by atoms with van der Waals surface area (Å²) >= 11 is 1.72. The Morgan fingerprint density at radius 1 is 1.09 bits per heavy atom. The van der Waals surface area contributed by atoms with Crippen LogP contribution >= 0.6 is 11.3 Å². The highest BCUT2D eigenvalue weighted by Gasteiger charge is 2.20. The first-order chi connectivity index (χ1) is 10.9. The van der Waals surface area contributed by atoms with Crippen LogP contribution in [0.3, 0.4) is 0 Å². The summed E-state index contributed by atoms with van der Waals surface area (Å²) in [5.41, 5.74) is 4.27. The van der Waals surface area contributed by atoms with Gasteiger partial charge in [-0.1, -0.05) is 0 Å². The van der Waals surface area contributed by atoms with Crippen molar-refractivity contribution >= 4 is 27.2 Å². The molecular weight excluding hydrogens is 296 g/mol. The Hall–Kier alpha value is -1.37. The number of nitrogens with one attached hydrogen (secondary N) is 2. The van der Waals surface area contributed by atoms with Crippen LogP contribution in [0.15, 0.2) is 17.6 Å². The fraction of sp³-hybridized carbons (Fsp3) is 0.562. The first-order valence-corrected chi connectivity index (χ1v) is 8.99. The molecule has 3 heterocycles. The molecule has 2 aliphatic heterocycles. The van der Waals surface area contributed by atoms with Crippen molar-refractivity contribution in [1.29, 1.82) is 0 Å². The first kappa shape index (κ1) is 14.2. The molecule has 0 unspecified atom stereocenters. The highest BCUT2D eigenvalue weighted by atomic mass is 32.1. The number of rotatable bonds is 3. The molecule has 2 aromatic rings. The molecule has 1 aromatic carbocycles. The zero-order chi connectivity index (χ0) is 14.8. The third-order valence-corrected chi connectivity index (χ3v) is 5.31. The monoisotopic (exact) mass is 318 g/mol. The summed E-state index contributed by atoms with van der Waals surface area (Å²) in [6.07, 6.45) is 2.47. The predicted octanol–water partition coefficient (Wildman–Crippen LogP) is 1.84.